The largest absolute Gasteiger partial charge is 0.486 e. The quantitative estimate of drug-likeness (QED) is 0.798. The number of fused-ring (bicyclic) bond motifs is 1. The van der Waals surface area contributed by atoms with Gasteiger partial charge in [0.1, 0.15) is 22.9 Å². The highest BCUT2D eigenvalue weighted by Gasteiger charge is 2.05. The number of ether oxygens (including phenoxy) is 1. The second kappa shape index (κ2) is 5.14. The summed E-state index contributed by atoms with van der Waals surface area (Å²) in [5, 5.41) is 1.85. The Kier molecular flexibility index (Phi) is 3.35. The van der Waals surface area contributed by atoms with Crippen LogP contribution in [0.3, 0.4) is 0 Å². The summed E-state index contributed by atoms with van der Waals surface area (Å²) >= 11 is 4.75. The van der Waals surface area contributed by atoms with Crippen LogP contribution in [0, 0.1) is 0 Å². The highest BCUT2D eigenvalue weighted by atomic mass is 79.9. The first kappa shape index (κ1) is 12.4. The van der Waals surface area contributed by atoms with Crippen molar-refractivity contribution in [1.82, 2.24) is 9.97 Å². The van der Waals surface area contributed by atoms with Crippen LogP contribution < -0.4 is 10.3 Å². The standard InChI is InChI=1S/C13H9BrN2O2S/c14-8-1-3-9(4-2-8)18-7-11-15-10-5-6-19-12(10)13(17)16-11/h1-6H,7H2,(H,15,16,17). The Morgan fingerprint density at radius 1 is 1.26 bits per heavy atom. The Labute approximate surface area is 121 Å². The minimum Gasteiger partial charge on any atom is -0.486 e. The third kappa shape index (κ3) is 2.69. The molecular weight excluding hydrogens is 328 g/mol. The monoisotopic (exact) mass is 336 g/mol. The average Bonchev–Trinajstić information content (AvgIpc) is 2.87. The lowest BCUT2D eigenvalue weighted by Gasteiger charge is -2.05. The van der Waals surface area contributed by atoms with Crippen molar-refractivity contribution in [3.05, 3.63) is 56.4 Å². The van der Waals surface area contributed by atoms with E-state index >= 15 is 0 Å². The van der Waals surface area contributed by atoms with Gasteiger partial charge in [-0.15, -0.1) is 11.3 Å². The van der Waals surface area contributed by atoms with Crippen molar-refractivity contribution in [1.29, 1.82) is 0 Å². The van der Waals surface area contributed by atoms with E-state index in [1.807, 2.05) is 35.7 Å². The number of halogens is 1. The van der Waals surface area contributed by atoms with Crippen LogP contribution in [-0.4, -0.2) is 9.97 Å². The van der Waals surface area contributed by atoms with Gasteiger partial charge in [0, 0.05) is 4.47 Å². The fourth-order valence-electron chi connectivity index (χ4n) is 1.67. The highest BCUT2D eigenvalue weighted by molar-refractivity contribution is 9.10. The van der Waals surface area contributed by atoms with Gasteiger partial charge >= 0.3 is 0 Å². The molecule has 19 heavy (non-hydrogen) atoms. The summed E-state index contributed by atoms with van der Waals surface area (Å²) in [7, 11) is 0. The molecule has 2 heterocycles. The fraction of sp³-hybridized carbons (Fsp3) is 0.0769. The van der Waals surface area contributed by atoms with Gasteiger partial charge in [0.15, 0.2) is 0 Å². The van der Waals surface area contributed by atoms with Gasteiger partial charge in [-0.2, -0.15) is 0 Å². The predicted octanol–water partition coefficient (Wildman–Crippen LogP) is 3.33. The van der Waals surface area contributed by atoms with Crippen molar-refractivity contribution < 1.29 is 4.74 Å². The zero-order valence-corrected chi connectivity index (χ0v) is 12.1. The van der Waals surface area contributed by atoms with E-state index in [4.69, 9.17) is 4.74 Å². The second-order valence-electron chi connectivity index (χ2n) is 3.89. The van der Waals surface area contributed by atoms with E-state index in [1.165, 1.54) is 11.3 Å². The number of H-pyrrole nitrogens is 1. The summed E-state index contributed by atoms with van der Waals surface area (Å²) in [5.41, 5.74) is 0.595. The molecule has 2 aromatic heterocycles. The fourth-order valence-corrected chi connectivity index (χ4v) is 2.66. The maximum absolute atomic E-state index is 11.8. The number of aromatic amines is 1. The molecule has 0 aliphatic carbocycles. The zero-order chi connectivity index (χ0) is 13.2. The van der Waals surface area contributed by atoms with Crippen LogP contribution in [0.5, 0.6) is 5.75 Å². The molecule has 0 fully saturated rings. The van der Waals surface area contributed by atoms with E-state index in [9.17, 15) is 4.79 Å². The number of aromatic nitrogens is 2. The van der Waals surface area contributed by atoms with E-state index in [1.54, 1.807) is 0 Å². The number of nitrogens with zero attached hydrogens (tertiary/aromatic N) is 1. The molecule has 0 saturated carbocycles. The SMILES string of the molecule is O=c1[nH]c(COc2ccc(Br)cc2)nc2ccsc12. The lowest BCUT2D eigenvalue weighted by atomic mass is 10.3. The Balaban J connectivity index is 1.81. The van der Waals surface area contributed by atoms with E-state index in [-0.39, 0.29) is 12.2 Å². The number of rotatable bonds is 3. The van der Waals surface area contributed by atoms with Crippen molar-refractivity contribution in [2.75, 3.05) is 0 Å². The van der Waals surface area contributed by atoms with Gasteiger partial charge in [0.2, 0.25) is 0 Å². The van der Waals surface area contributed by atoms with Crippen molar-refractivity contribution >= 4 is 37.5 Å². The first-order chi connectivity index (χ1) is 9.22. The predicted molar refractivity (Wildman–Crippen MR) is 78.7 cm³/mol. The van der Waals surface area contributed by atoms with Gasteiger partial charge in [-0.3, -0.25) is 4.79 Å². The van der Waals surface area contributed by atoms with Gasteiger partial charge < -0.3 is 9.72 Å². The summed E-state index contributed by atoms with van der Waals surface area (Å²) in [6.45, 7) is 0.239. The molecule has 3 aromatic rings. The number of thiophene rings is 1. The first-order valence-corrected chi connectivity index (χ1v) is 7.24. The molecule has 4 nitrogen and oxygen atoms in total. The van der Waals surface area contributed by atoms with Crippen molar-refractivity contribution in [3.8, 4) is 5.75 Å². The molecule has 0 radical (unpaired) electrons. The smallest absolute Gasteiger partial charge is 0.268 e. The number of benzene rings is 1. The van der Waals surface area contributed by atoms with Gasteiger partial charge in [-0.25, -0.2) is 4.98 Å². The Bertz CT molecular complexity index is 764. The van der Waals surface area contributed by atoms with E-state index in [2.05, 4.69) is 25.9 Å². The summed E-state index contributed by atoms with van der Waals surface area (Å²) in [4.78, 5) is 18.8. The maximum Gasteiger partial charge on any atom is 0.268 e. The van der Waals surface area contributed by atoms with Crippen molar-refractivity contribution in [2.24, 2.45) is 0 Å². The maximum atomic E-state index is 11.8. The van der Waals surface area contributed by atoms with Gasteiger partial charge in [-0.05, 0) is 35.7 Å². The Morgan fingerprint density at radius 3 is 2.84 bits per heavy atom. The Morgan fingerprint density at radius 2 is 2.05 bits per heavy atom. The molecule has 0 unspecified atom stereocenters. The van der Waals surface area contributed by atoms with Gasteiger partial charge in [-0.1, -0.05) is 15.9 Å². The van der Waals surface area contributed by atoms with Gasteiger partial charge in [0.25, 0.3) is 5.56 Å². The average molecular weight is 337 g/mol. The molecule has 0 bridgehead atoms. The molecule has 0 amide bonds. The number of hydrogen-bond acceptors (Lipinski definition) is 4. The first-order valence-electron chi connectivity index (χ1n) is 5.57. The van der Waals surface area contributed by atoms with Crippen LogP contribution in [0.25, 0.3) is 10.2 Å². The summed E-state index contributed by atoms with van der Waals surface area (Å²) in [6, 6.07) is 9.33. The summed E-state index contributed by atoms with van der Waals surface area (Å²) in [5.74, 6) is 1.26. The summed E-state index contributed by atoms with van der Waals surface area (Å²) in [6.07, 6.45) is 0. The van der Waals surface area contributed by atoms with Crippen LogP contribution in [0.4, 0.5) is 0 Å². The molecule has 0 spiro atoms. The van der Waals surface area contributed by atoms with Crippen LogP contribution >= 0.6 is 27.3 Å². The third-order valence-electron chi connectivity index (χ3n) is 2.55. The molecule has 96 valence electrons. The van der Waals surface area contributed by atoms with Crippen LogP contribution in [0.1, 0.15) is 5.82 Å². The third-order valence-corrected chi connectivity index (χ3v) is 3.98. The topological polar surface area (TPSA) is 55.0 Å². The van der Waals surface area contributed by atoms with Gasteiger partial charge in [0.05, 0.1) is 5.52 Å². The van der Waals surface area contributed by atoms with Crippen LogP contribution in [-0.2, 0) is 6.61 Å². The molecule has 1 aromatic carbocycles. The minimum atomic E-state index is -0.116. The molecular formula is C13H9BrN2O2S. The van der Waals surface area contributed by atoms with E-state index < -0.39 is 0 Å². The minimum absolute atomic E-state index is 0.116. The molecule has 6 heteroatoms. The normalized spacial score (nSPS) is 10.8. The number of nitrogens with one attached hydrogen (secondary N) is 1. The van der Waals surface area contributed by atoms with Crippen LogP contribution in [0.15, 0.2) is 45.0 Å². The molecule has 0 aliphatic heterocycles. The molecule has 0 saturated heterocycles. The van der Waals surface area contributed by atoms with Crippen molar-refractivity contribution in [3.63, 3.8) is 0 Å². The molecule has 1 N–H and O–H groups in total. The number of hydrogen-bond donors (Lipinski definition) is 1. The van der Waals surface area contributed by atoms with E-state index in [0.29, 0.717) is 16.0 Å². The molecule has 0 aliphatic rings. The molecule has 3 rings (SSSR count). The summed E-state index contributed by atoms with van der Waals surface area (Å²) < 4.78 is 7.21. The second-order valence-corrected chi connectivity index (χ2v) is 5.72. The van der Waals surface area contributed by atoms with E-state index in [0.717, 1.165) is 10.2 Å². The lowest BCUT2D eigenvalue weighted by molar-refractivity contribution is 0.296. The molecule has 0 atom stereocenters. The van der Waals surface area contributed by atoms with Crippen molar-refractivity contribution in [2.45, 2.75) is 6.61 Å². The lowest BCUT2D eigenvalue weighted by Crippen LogP contribution is -2.12. The highest BCUT2D eigenvalue weighted by Crippen LogP contribution is 2.17. The van der Waals surface area contributed by atoms with Crippen LogP contribution in [0.2, 0.25) is 0 Å². The zero-order valence-electron chi connectivity index (χ0n) is 9.72. The Hall–Kier alpha value is -1.66.